The van der Waals surface area contributed by atoms with Crippen molar-refractivity contribution in [3.63, 3.8) is 0 Å². The summed E-state index contributed by atoms with van der Waals surface area (Å²) in [6.07, 6.45) is 3.54. The van der Waals surface area contributed by atoms with Crippen LogP contribution in [0.2, 0.25) is 0 Å². The first-order chi connectivity index (χ1) is 8.60. The average Bonchev–Trinajstić information content (AvgIpc) is 2.95. The van der Waals surface area contributed by atoms with E-state index in [0.29, 0.717) is 6.61 Å². The van der Waals surface area contributed by atoms with Gasteiger partial charge in [-0.25, -0.2) is 0 Å². The Morgan fingerprint density at radius 1 is 1.50 bits per heavy atom. The predicted octanol–water partition coefficient (Wildman–Crippen LogP) is 3.68. The number of ether oxygens (including phenoxy) is 1. The van der Waals surface area contributed by atoms with E-state index in [0.717, 1.165) is 33.8 Å². The zero-order chi connectivity index (χ0) is 12.8. The van der Waals surface area contributed by atoms with Crippen LogP contribution in [0.5, 0.6) is 0 Å². The minimum atomic E-state index is -0.651. The van der Waals surface area contributed by atoms with Crippen molar-refractivity contribution in [3.05, 3.63) is 34.4 Å². The molecule has 2 aromatic rings. The van der Waals surface area contributed by atoms with Gasteiger partial charge in [0.1, 0.15) is 5.60 Å². The molecule has 0 spiro atoms. The van der Waals surface area contributed by atoms with Gasteiger partial charge in [0, 0.05) is 33.7 Å². The van der Waals surface area contributed by atoms with Gasteiger partial charge in [0.25, 0.3) is 0 Å². The first-order valence-electron chi connectivity index (χ1n) is 6.05. The van der Waals surface area contributed by atoms with Gasteiger partial charge in [-0.15, -0.1) is 0 Å². The summed E-state index contributed by atoms with van der Waals surface area (Å²) >= 11 is 3.43. The lowest BCUT2D eigenvalue weighted by molar-refractivity contribution is 0.0215. The van der Waals surface area contributed by atoms with Crippen LogP contribution in [0.25, 0.3) is 10.9 Å². The summed E-state index contributed by atoms with van der Waals surface area (Å²) in [5.41, 5.74) is 1.04. The van der Waals surface area contributed by atoms with Crippen molar-refractivity contribution >= 4 is 32.6 Å². The quantitative estimate of drug-likeness (QED) is 0.860. The number of aromatic nitrogens is 1. The van der Waals surface area contributed by atoms with Gasteiger partial charge in [-0.1, -0.05) is 22.0 Å². The molecule has 1 saturated heterocycles. The third-order valence-electron chi connectivity index (χ3n) is 3.59. The van der Waals surface area contributed by atoms with E-state index >= 15 is 0 Å². The monoisotopic (exact) mass is 307 g/mol. The molecule has 0 amide bonds. The summed E-state index contributed by atoms with van der Waals surface area (Å²) in [6.45, 7) is 2.57. The van der Waals surface area contributed by atoms with E-state index in [4.69, 9.17) is 4.74 Å². The number of fused-ring (bicyclic) bond motifs is 1. The number of ketones is 1. The van der Waals surface area contributed by atoms with Crippen LogP contribution in [-0.2, 0) is 4.74 Å². The van der Waals surface area contributed by atoms with Gasteiger partial charge in [-0.05, 0) is 31.9 Å². The minimum Gasteiger partial charge on any atom is -0.367 e. The molecule has 3 rings (SSSR count). The van der Waals surface area contributed by atoms with E-state index in [1.807, 2.05) is 25.1 Å². The molecule has 1 atom stereocenters. The molecule has 1 aromatic heterocycles. The molecule has 1 N–H and O–H groups in total. The molecule has 1 fully saturated rings. The number of carbonyl (C=O) groups excluding carboxylic acids is 1. The molecule has 1 aromatic carbocycles. The Labute approximate surface area is 114 Å². The number of rotatable bonds is 2. The summed E-state index contributed by atoms with van der Waals surface area (Å²) in [7, 11) is 0. The molecule has 0 radical (unpaired) electrons. The third kappa shape index (κ3) is 1.80. The van der Waals surface area contributed by atoms with Crippen molar-refractivity contribution in [1.29, 1.82) is 0 Å². The van der Waals surface area contributed by atoms with E-state index in [-0.39, 0.29) is 5.78 Å². The van der Waals surface area contributed by atoms with Crippen LogP contribution in [0.15, 0.2) is 28.9 Å². The van der Waals surface area contributed by atoms with Crippen molar-refractivity contribution in [2.24, 2.45) is 0 Å². The molecule has 4 heteroatoms. The van der Waals surface area contributed by atoms with Crippen LogP contribution in [0.1, 0.15) is 30.1 Å². The minimum absolute atomic E-state index is 0.0774. The second-order valence-corrected chi connectivity index (χ2v) is 5.82. The number of carbonyl (C=O) groups is 1. The zero-order valence-electron chi connectivity index (χ0n) is 10.1. The summed E-state index contributed by atoms with van der Waals surface area (Å²) in [5, 5.41) is 0.958. The van der Waals surface area contributed by atoms with Gasteiger partial charge in [0.05, 0.1) is 0 Å². The Morgan fingerprint density at radius 3 is 3.06 bits per heavy atom. The molecule has 0 saturated carbocycles. The molecular formula is C14H14BrNO2. The number of benzene rings is 1. The highest BCUT2D eigenvalue weighted by atomic mass is 79.9. The van der Waals surface area contributed by atoms with E-state index in [2.05, 4.69) is 20.9 Å². The molecular weight excluding hydrogens is 294 g/mol. The summed E-state index contributed by atoms with van der Waals surface area (Å²) in [5.74, 6) is 0.0774. The SMILES string of the molecule is CC1(C(=O)c2c[nH]c3cc(Br)ccc23)CCCO1. The van der Waals surface area contributed by atoms with Crippen LogP contribution < -0.4 is 0 Å². The lowest BCUT2D eigenvalue weighted by Gasteiger charge is -2.20. The predicted molar refractivity (Wildman–Crippen MR) is 73.9 cm³/mol. The number of Topliss-reactive ketones (excluding diaryl/α,β-unsaturated/α-hetero) is 1. The van der Waals surface area contributed by atoms with Crippen molar-refractivity contribution in [2.45, 2.75) is 25.4 Å². The van der Waals surface area contributed by atoms with Crippen LogP contribution in [0.4, 0.5) is 0 Å². The van der Waals surface area contributed by atoms with Crippen molar-refractivity contribution in [3.8, 4) is 0 Å². The number of nitrogens with one attached hydrogen (secondary N) is 1. The molecule has 18 heavy (non-hydrogen) atoms. The Balaban J connectivity index is 2.07. The molecule has 3 nitrogen and oxygen atoms in total. The maximum Gasteiger partial charge on any atom is 0.196 e. The molecule has 0 bridgehead atoms. The molecule has 1 aliphatic rings. The smallest absolute Gasteiger partial charge is 0.196 e. The number of aromatic amines is 1. The van der Waals surface area contributed by atoms with Gasteiger partial charge in [0.2, 0.25) is 0 Å². The van der Waals surface area contributed by atoms with Gasteiger partial charge < -0.3 is 9.72 Å². The Morgan fingerprint density at radius 2 is 2.33 bits per heavy atom. The average molecular weight is 308 g/mol. The summed E-state index contributed by atoms with van der Waals surface area (Å²) < 4.78 is 6.63. The first kappa shape index (κ1) is 11.9. The van der Waals surface area contributed by atoms with Gasteiger partial charge >= 0.3 is 0 Å². The van der Waals surface area contributed by atoms with Gasteiger partial charge in [-0.2, -0.15) is 0 Å². The van der Waals surface area contributed by atoms with Crippen molar-refractivity contribution < 1.29 is 9.53 Å². The highest BCUT2D eigenvalue weighted by Crippen LogP contribution is 2.32. The van der Waals surface area contributed by atoms with Crippen molar-refractivity contribution in [1.82, 2.24) is 4.98 Å². The second kappa shape index (κ2) is 4.21. The highest BCUT2D eigenvalue weighted by Gasteiger charge is 2.39. The largest absolute Gasteiger partial charge is 0.367 e. The maximum atomic E-state index is 12.6. The molecule has 0 aliphatic carbocycles. The number of hydrogen-bond acceptors (Lipinski definition) is 2. The lowest BCUT2D eigenvalue weighted by atomic mass is 9.92. The fourth-order valence-corrected chi connectivity index (χ4v) is 2.89. The van der Waals surface area contributed by atoms with E-state index < -0.39 is 5.60 Å². The number of halogens is 1. The fourth-order valence-electron chi connectivity index (χ4n) is 2.53. The van der Waals surface area contributed by atoms with Gasteiger partial charge in [0.15, 0.2) is 5.78 Å². The van der Waals surface area contributed by atoms with Crippen LogP contribution >= 0.6 is 15.9 Å². The number of hydrogen-bond donors (Lipinski definition) is 1. The maximum absolute atomic E-state index is 12.6. The van der Waals surface area contributed by atoms with Crippen LogP contribution in [0, 0.1) is 0 Å². The summed E-state index contributed by atoms with van der Waals surface area (Å²) in [6, 6.07) is 5.89. The first-order valence-corrected chi connectivity index (χ1v) is 6.85. The van der Waals surface area contributed by atoms with E-state index in [1.54, 1.807) is 6.20 Å². The Hall–Kier alpha value is -1.13. The standard InChI is InChI=1S/C14H14BrNO2/c1-14(5-2-6-18-14)13(17)11-8-16-12-7-9(15)3-4-10(11)12/h3-4,7-8,16H,2,5-6H2,1H3. The fraction of sp³-hybridized carbons (Fsp3) is 0.357. The van der Waals surface area contributed by atoms with E-state index in [1.165, 1.54) is 0 Å². The van der Waals surface area contributed by atoms with Crippen LogP contribution in [-0.4, -0.2) is 23.0 Å². The van der Waals surface area contributed by atoms with Crippen molar-refractivity contribution in [2.75, 3.05) is 6.61 Å². The molecule has 94 valence electrons. The summed E-state index contributed by atoms with van der Waals surface area (Å²) in [4.78, 5) is 15.7. The molecule has 1 aliphatic heterocycles. The van der Waals surface area contributed by atoms with Gasteiger partial charge in [-0.3, -0.25) is 4.79 Å². The zero-order valence-corrected chi connectivity index (χ0v) is 11.7. The Kier molecular flexibility index (Phi) is 2.79. The second-order valence-electron chi connectivity index (χ2n) is 4.90. The lowest BCUT2D eigenvalue weighted by Crippen LogP contribution is -2.34. The van der Waals surface area contributed by atoms with E-state index in [9.17, 15) is 4.79 Å². The topological polar surface area (TPSA) is 42.1 Å². The normalized spacial score (nSPS) is 23.7. The highest BCUT2D eigenvalue weighted by molar-refractivity contribution is 9.10. The number of H-pyrrole nitrogens is 1. The molecule has 2 heterocycles. The Bertz CT molecular complexity index is 611. The molecule has 1 unspecified atom stereocenters. The van der Waals surface area contributed by atoms with Crippen LogP contribution in [0.3, 0.4) is 0 Å². The third-order valence-corrected chi connectivity index (χ3v) is 4.08.